The number of rotatable bonds is 3. The van der Waals surface area contributed by atoms with Crippen LogP contribution in [0.15, 0.2) is 54.6 Å². The molecule has 1 atom stereocenters. The van der Waals surface area contributed by atoms with Crippen LogP contribution < -0.4 is 0 Å². The van der Waals surface area contributed by atoms with E-state index in [9.17, 15) is 0 Å². The molecule has 2 aromatic rings. The van der Waals surface area contributed by atoms with Crippen molar-refractivity contribution in [1.29, 1.82) is 0 Å². The van der Waals surface area contributed by atoms with Gasteiger partial charge in [-0.2, -0.15) is 12.6 Å². The lowest BCUT2D eigenvalue weighted by molar-refractivity contribution is 0.927. The van der Waals surface area contributed by atoms with Crippen LogP contribution in [0.3, 0.4) is 0 Å². The highest BCUT2D eigenvalue weighted by atomic mass is 32.1. The van der Waals surface area contributed by atoms with Gasteiger partial charge in [-0.1, -0.05) is 54.6 Å². The Morgan fingerprint density at radius 1 is 0.938 bits per heavy atom. The zero-order valence-electron chi connectivity index (χ0n) is 9.43. The van der Waals surface area contributed by atoms with Gasteiger partial charge in [0, 0.05) is 11.7 Å². The lowest BCUT2D eigenvalue weighted by atomic mass is 9.90. The van der Waals surface area contributed by atoms with Crippen molar-refractivity contribution in [2.24, 2.45) is 0 Å². The van der Waals surface area contributed by atoms with Crippen LogP contribution >= 0.6 is 12.6 Å². The molecule has 0 amide bonds. The van der Waals surface area contributed by atoms with Gasteiger partial charge in [0.25, 0.3) is 0 Å². The molecule has 0 bridgehead atoms. The molecule has 0 saturated heterocycles. The predicted molar refractivity (Wildman–Crippen MR) is 73.3 cm³/mol. The van der Waals surface area contributed by atoms with Crippen molar-refractivity contribution in [3.8, 4) is 0 Å². The number of aryl methyl sites for hydroxylation is 1. The van der Waals surface area contributed by atoms with E-state index < -0.39 is 0 Å². The topological polar surface area (TPSA) is 0 Å². The number of benzene rings is 2. The predicted octanol–water partition coefficient (Wildman–Crippen LogP) is 4.06. The lowest BCUT2D eigenvalue weighted by Crippen LogP contribution is -2.04. The monoisotopic (exact) mass is 228 g/mol. The Hall–Kier alpha value is -1.21. The minimum absolute atomic E-state index is 0.394. The zero-order chi connectivity index (χ0) is 11.4. The highest BCUT2D eigenvalue weighted by Crippen LogP contribution is 2.27. The molecule has 1 heteroatoms. The van der Waals surface area contributed by atoms with Crippen molar-refractivity contribution >= 4 is 12.6 Å². The lowest BCUT2D eigenvalue weighted by Gasteiger charge is -2.17. The first-order chi connectivity index (χ1) is 7.83. The maximum Gasteiger partial charge on any atom is 0.0180 e. The molecule has 82 valence electrons. The average molecular weight is 228 g/mol. The Kier molecular flexibility index (Phi) is 3.68. The van der Waals surface area contributed by atoms with E-state index in [0.717, 1.165) is 5.75 Å². The maximum atomic E-state index is 4.49. The van der Waals surface area contributed by atoms with Crippen LogP contribution in [0.1, 0.15) is 22.6 Å². The molecule has 0 fully saturated rings. The fourth-order valence-corrected chi connectivity index (χ4v) is 2.45. The number of thiol groups is 1. The largest absolute Gasteiger partial charge is 0.178 e. The van der Waals surface area contributed by atoms with Crippen molar-refractivity contribution in [2.75, 3.05) is 5.75 Å². The van der Waals surface area contributed by atoms with Crippen LogP contribution in [0.25, 0.3) is 0 Å². The number of hydrogen-bond acceptors (Lipinski definition) is 1. The Morgan fingerprint density at radius 2 is 1.56 bits per heavy atom. The van der Waals surface area contributed by atoms with Gasteiger partial charge in [0.1, 0.15) is 0 Å². The summed E-state index contributed by atoms with van der Waals surface area (Å²) >= 11 is 4.49. The normalized spacial score (nSPS) is 12.4. The highest BCUT2D eigenvalue weighted by molar-refractivity contribution is 7.80. The molecule has 1 unspecified atom stereocenters. The van der Waals surface area contributed by atoms with Crippen molar-refractivity contribution in [2.45, 2.75) is 12.8 Å². The Labute approximate surface area is 103 Å². The summed E-state index contributed by atoms with van der Waals surface area (Å²) in [6, 6.07) is 19.1. The molecule has 0 N–H and O–H groups in total. The molecule has 0 aromatic heterocycles. The van der Waals surface area contributed by atoms with Crippen LogP contribution in [0.2, 0.25) is 0 Å². The van der Waals surface area contributed by atoms with E-state index in [4.69, 9.17) is 0 Å². The van der Waals surface area contributed by atoms with Crippen LogP contribution in [0.4, 0.5) is 0 Å². The highest BCUT2D eigenvalue weighted by Gasteiger charge is 2.13. The summed E-state index contributed by atoms with van der Waals surface area (Å²) in [6.07, 6.45) is 0. The maximum absolute atomic E-state index is 4.49. The van der Waals surface area contributed by atoms with Crippen molar-refractivity contribution in [1.82, 2.24) is 0 Å². The second-order valence-corrected chi connectivity index (χ2v) is 4.37. The van der Waals surface area contributed by atoms with Crippen LogP contribution in [-0.4, -0.2) is 5.75 Å². The van der Waals surface area contributed by atoms with Crippen molar-refractivity contribution in [3.63, 3.8) is 0 Å². The van der Waals surface area contributed by atoms with Crippen molar-refractivity contribution in [3.05, 3.63) is 71.3 Å². The SMILES string of the molecule is Cc1ccccc1C(CS)c1ccccc1. The van der Waals surface area contributed by atoms with Gasteiger partial charge >= 0.3 is 0 Å². The summed E-state index contributed by atoms with van der Waals surface area (Å²) < 4.78 is 0. The average Bonchev–Trinajstić information content (AvgIpc) is 2.34. The molecule has 0 radical (unpaired) electrons. The van der Waals surface area contributed by atoms with E-state index >= 15 is 0 Å². The minimum Gasteiger partial charge on any atom is -0.178 e. The van der Waals surface area contributed by atoms with Gasteiger partial charge in [-0.15, -0.1) is 0 Å². The van der Waals surface area contributed by atoms with Gasteiger partial charge in [0.15, 0.2) is 0 Å². The van der Waals surface area contributed by atoms with E-state index in [-0.39, 0.29) is 0 Å². The fraction of sp³-hybridized carbons (Fsp3) is 0.200. The smallest absolute Gasteiger partial charge is 0.0180 e. The summed E-state index contributed by atoms with van der Waals surface area (Å²) in [6.45, 7) is 2.16. The molecule has 0 spiro atoms. The van der Waals surface area contributed by atoms with Gasteiger partial charge in [0.2, 0.25) is 0 Å². The van der Waals surface area contributed by atoms with Gasteiger partial charge in [-0.05, 0) is 23.6 Å². The molecule has 2 aromatic carbocycles. The third-order valence-electron chi connectivity index (χ3n) is 2.95. The summed E-state index contributed by atoms with van der Waals surface area (Å²) in [7, 11) is 0. The quantitative estimate of drug-likeness (QED) is 0.753. The van der Waals surface area contributed by atoms with Gasteiger partial charge in [-0.3, -0.25) is 0 Å². The van der Waals surface area contributed by atoms with E-state index in [1.807, 2.05) is 0 Å². The minimum atomic E-state index is 0.394. The molecule has 0 saturated carbocycles. The summed E-state index contributed by atoms with van der Waals surface area (Å²) in [5.74, 6) is 1.24. The first-order valence-electron chi connectivity index (χ1n) is 5.54. The molecule has 0 aliphatic heterocycles. The fourth-order valence-electron chi connectivity index (χ4n) is 2.05. The summed E-state index contributed by atoms with van der Waals surface area (Å²) in [5, 5.41) is 0. The van der Waals surface area contributed by atoms with Gasteiger partial charge in [-0.25, -0.2) is 0 Å². The van der Waals surface area contributed by atoms with Gasteiger partial charge in [0.05, 0.1) is 0 Å². The molecule has 0 heterocycles. The van der Waals surface area contributed by atoms with Crippen molar-refractivity contribution < 1.29 is 0 Å². The second kappa shape index (κ2) is 5.22. The molecule has 0 aliphatic rings. The van der Waals surface area contributed by atoms with E-state index in [1.165, 1.54) is 16.7 Å². The first kappa shape index (κ1) is 11.3. The molecular formula is C15H16S. The standard InChI is InChI=1S/C15H16S/c1-12-7-5-6-10-14(12)15(11-16)13-8-3-2-4-9-13/h2-10,15-16H,11H2,1H3. The third kappa shape index (κ3) is 2.30. The van der Waals surface area contributed by atoms with E-state index in [1.54, 1.807) is 0 Å². The molecule has 2 rings (SSSR count). The Balaban J connectivity index is 2.41. The number of hydrogen-bond donors (Lipinski definition) is 1. The van der Waals surface area contributed by atoms with E-state index in [0.29, 0.717) is 5.92 Å². The Bertz CT molecular complexity index is 448. The molecular weight excluding hydrogens is 212 g/mol. The molecule has 16 heavy (non-hydrogen) atoms. The van der Waals surface area contributed by atoms with Crippen LogP contribution in [0.5, 0.6) is 0 Å². The third-order valence-corrected chi connectivity index (χ3v) is 3.31. The van der Waals surface area contributed by atoms with E-state index in [2.05, 4.69) is 74.1 Å². The van der Waals surface area contributed by atoms with Crippen LogP contribution in [0, 0.1) is 6.92 Å². The Morgan fingerprint density at radius 3 is 2.19 bits per heavy atom. The first-order valence-corrected chi connectivity index (χ1v) is 6.17. The zero-order valence-corrected chi connectivity index (χ0v) is 10.3. The van der Waals surface area contributed by atoms with Crippen LogP contribution in [-0.2, 0) is 0 Å². The molecule has 0 aliphatic carbocycles. The van der Waals surface area contributed by atoms with Gasteiger partial charge < -0.3 is 0 Å². The molecule has 0 nitrogen and oxygen atoms in total. The summed E-state index contributed by atoms with van der Waals surface area (Å²) in [4.78, 5) is 0. The summed E-state index contributed by atoms with van der Waals surface area (Å²) in [5.41, 5.74) is 4.06. The second-order valence-electron chi connectivity index (χ2n) is 4.00.